The SMILES string of the molecule is COc1c(N2CC[C@@H](NCC3=C(C(=O)O)N4C(=O)[C@H]([C@@H](C)O)[C@H]4S3)C2)c(F)cc2c(=O)c(C(=O)O)cn(C3CC3)c12. The van der Waals surface area contributed by atoms with E-state index in [2.05, 4.69) is 5.32 Å². The van der Waals surface area contributed by atoms with Gasteiger partial charge in [0, 0.05) is 42.8 Å². The second kappa shape index (κ2) is 10.0. The third kappa shape index (κ3) is 4.35. The van der Waals surface area contributed by atoms with Crippen LogP contribution in [0, 0.1) is 11.7 Å². The summed E-state index contributed by atoms with van der Waals surface area (Å²) in [5, 5.41) is 32.1. The minimum absolute atomic E-state index is 0.0108. The first-order chi connectivity index (χ1) is 19.5. The number of benzene rings is 1. The highest BCUT2D eigenvalue weighted by molar-refractivity contribution is 8.04. The fourth-order valence-electron chi connectivity index (χ4n) is 6.07. The molecular weight excluding hydrogens is 559 g/mol. The zero-order chi connectivity index (χ0) is 29.3. The summed E-state index contributed by atoms with van der Waals surface area (Å²) in [7, 11) is 1.39. The van der Waals surface area contributed by atoms with Crippen molar-refractivity contribution in [3.63, 3.8) is 0 Å². The number of thioether (sulfide) groups is 1. The fourth-order valence-corrected chi connectivity index (χ4v) is 7.63. The van der Waals surface area contributed by atoms with Crippen LogP contribution in [0.5, 0.6) is 5.75 Å². The van der Waals surface area contributed by atoms with E-state index in [4.69, 9.17) is 4.74 Å². The molecule has 0 unspecified atom stereocenters. The van der Waals surface area contributed by atoms with Gasteiger partial charge in [0.2, 0.25) is 11.3 Å². The molecule has 1 amide bonds. The quantitative estimate of drug-likeness (QED) is 0.315. The van der Waals surface area contributed by atoms with Crippen molar-refractivity contribution in [3.05, 3.63) is 44.5 Å². The molecule has 3 fully saturated rings. The number of ether oxygens (including phenoxy) is 1. The summed E-state index contributed by atoms with van der Waals surface area (Å²) in [4.78, 5) is 52.6. The molecule has 1 saturated carbocycles. The minimum atomic E-state index is -1.37. The summed E-state index contributed by atoms with van der Waals surface area (Å²) in [6, 6.07) is 0.929. The Kier molecular flexibility index (Phi) is 6.74. The Morgan fingerprint density at radius 1 is 1.22 bits per heavy atom. The van der Waals surface area contributed by atoms with E-state index in [1.807, 2.05) is 0 Å². The normalized spacial score (nSPS) is 24.6. The fraction of sp³-hybridized carbons (Fsp3) is 0.481. The number of fused-ring (bicyclic) bond motifs is 2. The van der Waals surface area contributed by atoms with Gasteiger partial charge in [-0.3, -0.25) is 14.5 Å². The van der Waals surface area contributed by atoms with Gasteiger partial charge in [-0.05, 0) is 32.3 Å². The van der Waals surface area contributed by atoms with Crippen LogP contribution in [-0.2, 0) is 9.59 Å². The molecule has 6 rings (SSSR count). The van der Waals surface area contributed by atoms with Crippen LogP contribution in [0.2, 0.25) is 0 Å². The van der Waals surface area contributed by atoms with Crippen molar-refractivity contribution < 1.29 is 38.8 Å². The lowest BCUT2D eigenvalue weighted by Crippen LogP contribution is -2.60. The van der Waals surface area contributed by atoms with E-state index >= 15 is 4.39 Å². The van der Waals surface area contributed by atoms with Gasteiger partial charge < -0.3 is 34.8 Å². The molecule has 1 aromatic carbocycles. The molecule has 1 aromatic heterocycles. The molecular formula is C27H29FN4O8S. The number of amides is 1. The van der Waals surface area contributed by atoms with Gasteiger partial charge in [-0.1, -0.05) is 0 Å². The molecule has 4 aliphatic rings. The number of carboxylic acid groups (broad SMARTS) is 2. The number of pyridine rings is 1. The number of aliphatic carboxylic acids is 1. The molecule has 0 bridgehead atoms. The minimum Gasteiger partial charge on any atom is -0.492 e. The number of nitrogens with one attached hydrogen (secondary N) is 1. The van der Waals surface area contributed by atoms with Crippen molar-refractivity contribution in [3.8, 4) is 5.75 Å². The highest BCUT2D eigenvalue weighted by Gasteiger charge is 2.57. The third-order valence-corrected chi connectivity index (χ3v) is 9.57. The number of hydrogen-bond donors (Lipinski definition) is 4. The predicted octanol–water partition coefficient (Wildman–Crippen LogP) is 1.56. The summed E-state index contributed by atoms with van der Waals surface area (Å²) >= 11 is 1.26. The lowest BCUT2D eigenvalue weighted by atomic mass is 9.92. The van der Waals surface area contributed by atoms with Crippen LogP contribution in [-0.4, -0.2) is 86.9 Å². The first-order valence-corrected chi connectivity index (χ1v) is 14.2. The maximum Gasteiger partial charge on any atom is 0.353 e. The van der Waals surface area contributed by atoms with Gasteiger partial charge in [-0.15, -0.1) is 11.8 Å². The Morgan fingerprint density at radius 3 is 2.56 bits per heavy atom. The van der Waals surface area contributed by atoms with E-state index in [9.17, 15) is 34.5 Å². The van der Waals surface area contributed by atoms with Gasteiger partial charge >= 0.3 is 11.9 Å². The average Bonchev–Trinajstić information content (AvgIpc) is 3.56. The Balaban J connectivity index is 1.26. The Labute approximate surface area is 237 Å². The lowest BCUT2D eigenvalue weighted by Gasteiger charge is -2.43. The molecule has 2 aromatic rings. The summed E-state index contributed by atoms with van der Waals surface area (Å²) in [5.74, 6) is -4.19. The van der Waals surface area contributed by atoms with E-state index in [1.54, 1.807) is 9.47 Å². The number of aliphatic hydroxyl groups excluding tert-OH is 1. The topological polar surface area (TPSA) is 162 Å². The number of halogens is 1. The monoisotopic (exact) mass is 588 g/mol. The first kappa shape index (κ1) is 27.5. The third-order valence-electron chi connectivity index (χ3n) is 8.20. The van der Waals surface area contributed by atoms with Crippen LogP contribution in [0.1, 0.15) is 42.6 Å². The number of hydrogen-bond acceptors (Lipinski definition) is 9. The van der Waals surface area contributed by atoms with Crippen molar-refractivity contribution in [1.29, 1.82) is 0 Å². The molecule has 0 radical (unpaired) electrons. The molecule has 2 saturated heterocycles. The number of rotatable bonds is 9. The van der Waals surface area contributed by atoms with E-state index < -0.39 is 52.1 Å². The van der Waals surface area contributed by atoms with Crippen LogP contribution < -0.4 is 20.4 Å². The smallest absolute Gasteiger partial charge is 0.353 e. The Bertz CT molecular complexity index is 1590. The summed E-state index contributed by atoms with van der Waals surface area (Å²) < 4.78 is 23.0. The number of carboxylic acids is 2. The molecule has 3 aliphatic heterocycles. The Morgan fingerprint density at radius 2 is 1.95 bits per heavy atom. The molecule has 1 aliphatic carbocycles. The Hall–Kier alpha value is -3.62. The number of β-lactam (4-membered cyclic amide) rings is 1. The second-order valence-corrected chi connectivity index (χ2v) is 12.0. The van der Waals surface area contributed by atoms with Gasteiger partial charge in [-0.2, -0.15) is 0 Å². The summed E-state index contributed by atoms with van der Waals surface area (Å²) in [6.45, 7) is 2.52. The maximum atomic E-state index is 15.6. The molecule has 218 valence electrons. The number of carbonyl (C=O) groups is 3. The number of anilines is 1. The molecule has 0 spiro atoms. The van der Waals surface area contributed by atoms with Crippen molar-refractivity contribution >= 4 is 46.2 Å². The maximum absolute atomic E-state index is 15.6. The molecule has 4 heterocycles. The van der Waals surface area contributed by atoms with Crippen molar-refractivity contribution in [1.82, 2.24) is 14.8 Å². The highest BCUT2D eigenvalue weighted by Crippen LogP contribution is 2.50. The highest BCUT2D eigenvalue weighted by atomic mass is 32.2. The lowest BCUT2D eigenvalue weighted by molar-refractivity contribution is -0.156. The van der Waals surface area contributed by atoms with Crippen LogP contribution in [0.25, 0.3) is 10.9 Å². The van der Waals surface area contributed by atoms with Gasteiger partial charge in [0.25, 0.3) is 0 Å². The summed E-state index contributed by atoms with van der Waals surface area (Å²) in [6.07, 6.45) is 2.64. The van der Waals surface area contributed by atoms with Gasteiger partial charge in [0.05, 0.1) is 30.0 Å². The predicted molar refractivity (Wildman–Crippen MR) is 147 cm³/mol. The molecule has 4 N–H and O–H groups in total. The number of methoxy groups -OCH3 is 1. The zero-order valence-electron chi connectivity index (χ0n) is 22.3. The van der Waals surface area contributed by atoms with E-state index in [1.165, 1.54) is 36.9 Å². The van der Waals surface area contributed by atoms with E-state index in [0.717, 1.165) is 18.9 Å². The van der Waals surface area contributed by atoms with Crippen molar-refractivity contribution in [2.24, 2.45) is 5.92 Å². The van der Waals surface area contributed by atoms with Crippen LogP contribution in [0.4, 0.5) is 10.1 Å². The average molecular weight is 589 g/mol. The van der Waals surface area contributed by atoms with Crippen LogP contribution in [0.15, 0.2) is 27.7 Å². The van der Waals surface area contributed by atoms with Gasteiger partial charge in [-0.25, -0.2) is 14.0 Å². The van der Waals surface area contributed by atoms with Crippen molar-refractivity contribution in [2.45, 2.75) is 49.7 Å². The standard InChI is InChI=1S/C27H29FN4O8S/c1-11(33)18-24(35)32-21(27(38)39)17(41-25(18)32)8-29-12-5-6-30(9-12)20-16(28)7-14-19(23(20)40-2)31(13-3-4-13)10-15(22(14)34)26(36)37/h7,10-13,18,25,29,33H,3-6,8-9H2,1-2H3,(H,36,37)(H,38,39)/t11-,12-,18+,25-/m1/s1. The summed E-state index contributed by atoms with van der Waals surface area (Å²) in [5.41, 5.74) is -0.735. The zero-order valence-corrected chi connectivity index (χ0v) is 23.1. The van der Waals surface area contributed by atoms with E-state index in [-0.39, 0.29) is 41.1 Å². The molecule has 41 heavy (non-hydrogen) atoms. The van der Waals surface area contributed by atoms with Crippen LogP contribution in [0.3, 0.4) is 0 Å². The number of nitrogens with zero attached hydrogens (tertiary/aromatic N) is 3. The number of carbonyl (C=O) groups excluding carboxylic acids is 1. The number of aromatic carboxylic acids is 1. The molecule has 14 heteroatoms. The van der Waals surface area contributed by atoms with E-state index in [0.29, 0.717) is 29.9 Å². The second-order valence-electron chi connectivity index (χ2n) is 10.8. The molecule has 12 nitrogen and oxygen atoms in total. The molecule has 4 atom stereocenters. The number of aromatic nitrogens is 1. The largest absolute Gasteiger partial charge is 0.492 e. The number of aliphatic hydroxyl groups is 1. The van der Waals surface area contributed by atoms with Crippen molar-refractivity contribution in [2.75, 3.05) is 31.6 Å². The van der Waals surface area contributed by atoms with Gasteiger partial charge in [0.15, 0.2) is 11.6 Å². The van der Waals surface area contributed by atoms with Crippen LogP contribution >= 0.6 is 11.8 Å². The first-order valence-electron chi connectivity index (χ1n) is 13.3. The van der Waals surface area contributed by atoms with Gasteiger partial charge in [0.1, 0.15) is 22.3 Å².